The van der Waals surface area contributed by atoms with E-state index in [0.29, 0.717) is 6.04 Å². The molecule has 0 saturated carbocycles. The van der Waals surface area contributed by atoms with Gasteiger partial charge in [-0.3, -0.25) is 4.79 Å². The van der Waals surface area contributed by atoms with Crippen LogP contribution in [0, 0.1) is 5.92 Å². The summed E-state index contributed by atoms with van der Waals surface area (Å²) in [7, 11) is 0. The Hall–Kier alpha value is -0.610. The molecule has 0 amide bonds. The summed E-state index contributed by atoms with van der Waals surface area (Å²) in [5.74, 6) is -0.922. The van der Waals surface area contributed by atoms with Crippen LogP contribution in [0.4, 0.5) is 0 Å². The number of ether oxygens (including phenoxy) is 1. The van der Waals surface area contributed by atoms with Gasteiger partial charge in [-0.05, 0) is 26.2 Å². The number of carbonyl (C=O) groups is 1. The molecule has 0 aliphatic carbocycles. The predicted molar refractivity (Wildman–Crippen MR) is 73.8 cm³/mol. The summed E-state index contributed by atoms with van der Waals surface area (Å²) in [6, 6.07) is 0.431. The predicted octanol–water partition coefficient (Wildman–Crippen LogP) is 2.67. The molecule has 18 heavy (non-hydrogen) atoms. The first kappa shape index (κ1) is 17.4. The van der Waals surface area contributed by atoms with E-state index in [1.54, 1.807) is 6.92 Å². The van der Waals surface area contributed by atoms with Crippen molar-refractivity contribution in [2.24, 2.45) is 5.92 Å². The highest BCUT2D eigenvalue weighted by Gasteiger charge is 2.10. The van der Waals surface area contributed by atoms with Gasteiger partial charge in [-0.15, -0.1) is 0 Å². The van der Waals surface area contributed by atoms with E-state index in [0.717, 1.165) is 45.4 Å². The van der Waals surface area contributed by atoms with Gasteiger partial charge in [0.2, 0.25) is 0 Å². The van der Waals surface area contributed by atoms with Crippen molar-refractivity contribution in [2.45, 2.75) is 58.9 Å². The summed E-state index contributed by atoms with van der Waals surface area (Å²) in [5, 5.41) is 12.1. The molecule has 0 saturated heterocycles. The fourth-order valence-electron chi connectivity index (χ4n) is 1.68. The van der Waals surface area contributed by atoms with Crippen LogP contribution < -0.4 is 5.32 Å². The molecule has 0 aliphatic rings. The van der Waals surface area contributed by atoms with Gasteiger partial charge in [0.05, 0.1) is 12.5 Å². The van der Waals surface area contributed by atoms with Crippen LogP contribution in [0.3, 0.4) is 0 Å². The smallest absolute Gasteiger partial charge is 0.306 e. The second-order valence-electron chi connectivity index (χ2n) is 4.99. The van der Waals surface area contributed by atoms with Gasteiger partial charge in [0.15, 0.2) is 0 Å². The van der Waals surface area contributed by atoms with Crippen molar-refractivity contribution in [3.63, 3.8) is 0 Å². The number of nitrogens with one attached hydrogen (secondary N) is 1. The molecule has 0 spiro atoms. The van der Waals surface area contributed by atoms with Crippen molar-refractivity contribution in [1.29, 1.82) is 0 Å². The molecule has 0 rings (SSSR count). The Bertz CT molecular complexity index is 209. The fraction of sp³-hybridized carbons (Fsp3) is 0.929. The summed E-state index contributed by atoms with van der Waals surface area (Å²) < 4.78 is 5.46. The third-order valence-electron chi connectivity index (χ3n) is 3.08. The van der Waals surface area contributed by atoms with Crippen LogP contribution in [-0.4, -0.2) is 36.9 Å². The maximum Gasteiger partial charge on any atom is 0.306 e. The monoisotopic (exact) mass is 259 g/mol. The van der Waals surface area contributed by atoms with Gasteiger partial charge in [0, 0.05) is 19.2 Å². The molecule has 0 bridgehead atoms. The zero-order valence-corrected chi connectivity index (χ0v) is 12.1. The minimum atomic E-state index is -0.695. The standard InChI is InChI=1S/C14H29NO3/c1-4-5-10-18-11-9-15-13(3)8-6-7-12(2)14(16)17/h12-13,15H,4-11H2,1-3H3,(H,16,17). The van der Waals surface area contributed by atoms with Gasteiger partial charge in [0.1, 0.15) is 0 Å². The van der Waals surface area contributed by atoms with E-state index < -0.39 is 5.97 Å². The number of rotatable bonds is 12. The molecule has 0 heterocycles. The molecule has 4 nitrogen and oxygen atoms in total. The summed E-state index contributed by atoms with van der Waals surface area (Å²) in [6.07, 6.45) is 5.04. The average Bonchev–Trinajstić information content (AvgIpc) is 2.33. The Labute approximate surface area is 111 Å². The third kappa shape index (κ3) is 10.5. The highest BCUT2D eigenvalue weighted by Crippen LogP contribution is 2.09. The Morgan fingerprint density at radius 2 is 1.94 bits per heavy atom. The van der Waals surface area contributed by atoms with Gasteiger partial charge in [-0.2, -0.15) is 0 Å². The van der Waals surface area contributed by atoms with Crippen molar-refractivity contribution in [3.05, 3.63) is 0 Å². The van der Waals surface area contributed by atoms with E-state index in [4.69, 9.17) is 9.84 Å². The summed E-state index contributed by atoms with van der Waals surface area (Å²) in [6.45, 7) is 8.54. The number of hydrogen-bond acceptors (Lipinski definition) is 3. The summed E-state index contributed by atoms with van der Waals surface area (Å²) in [4.78, 5) is 10.6. The largest absolute Gasteiger partial charge is 0.481 e. The maximum absolute atomic E-state index is 10.6. The summed E-state index contributed by atoms with van der Waals surface area (Å²) >= 11 is 0. The van der Waals surface area contributed by atoms with E-state index in [1.807, 2.05) is 0 Å². The lowest BCUT2D eigenvalue weighted by atomic mass is 10.0. The van der Waals surface area contributed by atoms with Crippen molar-refractivity contribution in [2.75, 3.05) is 19.8 Å². The number of carboxylic acids is 1. The normalized spacial score (nSPS) is 14.4. The first-order chi connectivity index (χ1) is 8.57. The number of unbranched alkanes of at least 4 members (excludes halogenated alkanes) is 1. The molecule has 0 aromatic heterocycles. The third-order valence-corrected chi connectivity index (χ3v) is 3.08. The van der Waals surface area contributed by atoms with Crippen molar-refractivity contribution >= 4 is 5.97 Å². The zero-order valence-electron chi connectivity index (χ0n) is 12.1. The lowest BCUT2D eigenvalue weighted by Crippen LogP contribution is -2.29. The van der Waals surface area contributed by atoms with Gasteiger partial charge in [0.25, 0.3) is 0 Å². The topological polar surface area (TPSA) is 58.6 Å². The van der Waals surface area contributed by atoms with E-state index in [9.17, 15) is 4.79 Å². The molecule has 4 heteroatoms. The van der Waals surface area contributed by atoms with Crippen LogP contribution in [0.2, 0.25) is 0 Å². The molecule has 108 valence electrons. The van der Waals surface area contributed by atoms with E-state index in [2.05, 4.69) is 19.2 Å². The first-order valence-electron chi connectivity index (χ1n) is 7.11. The van der Waals surface area contributed by atoms with Crippen LogP contribution in [0.25, 0.3) is 0 Å². The van der Waals surface area contributed by atoms with E-state index in [-0.39, 0.29) is 5.92 Å². The SMILES string of the molecule is CCCCOCCNC(C)CCCC(C)C(=O)O. The Balaban J connectivity index is 3.32. The number of carboxylic acid groups (broad SMARTS) is 1. The van der Waals surface area contributed by atoms with E-state index >= 15 is 0 Å². The first-order valence-corrected chi connectivity index (χ1v) is 7.11. The van der Waals surface area contributed by atoms with E-state index in [1.165, 1.54) is 6.42 Å². The Morgan fingerprint density at radius 1 is 1.22 bits per heavy atom. The quantitative estimate of drug-likeness (QED) is 0.529. The average molecular weight is 259 g/mol. The van der Waals surface area contributed by atoms with Crippen molar-refractivity contribution in [3.8, 4) is 0 Å². The molecule has 2 atom stereocenters. The zero-order chi connectivity index (χ0) is 13.8. The highest BCUT2D eigenvalue weighted by atomic mass is 16.5. The van der Waals surface area contributed by atoms with Crippen molar-refractivity contribution < 1.29 is 14.6 Å². The molecule has 0 fully saturated rings. The van der Waals surface area contributed by atoms with Crippen LogP contribution >= 0.6 is 0 Å². The van der Waals surface area contributed by atoms with Gasteiger partial charge in [-0.1, -0.05) is 26.7 Å². The fourth-order valence-corrected chi connectivity index (χ4v) is 1.68. The molecule has 2 unspecified atom stereocenters. The van der Waals surface area contributed by atoms with Crippen molar-refractivity contribution in [1.82, 2.24) is 5.32 Å². The van der Waals surface area contributed by atoms with Crippen LogP contribution in [-0.2, 0) is 9.53 Å². The Kier molecular flexibility index (Phi) is 11.1. The van der Waals surface area contributed by atoms with Crippen LogP contribution in [0.5, 0.6) is 0 Å². The van der Waals surface area contributed by atoms with Gasteiger partial charge >= 0.3 is 5.97 Å². The molecule has 0 aromatic carbocycles. The summed E-state index contributed by atoms with van der Waals surface area (Å²) in [5.41, 5.74) is 0. The second kappa shape index (κ2) is 11.5. The van der Waals surface area contributed by atoms with Gasteiger partial charge < -0.3 is 15.2 Å². The lowest BCUT2D eigenvalue weighted by molar-refractivity contribution is -0.141. The maximum atomic E-state index is 10.6. The molecule has 2 N–H and O–H groups in total. The molecular formula is C14H29NO3. The molecule has 0 aromatic rings. The second-order valence-corrected chi connectivity index (χ2v) is 4.99. The lowest BCUT2D eigenvalue weighted by Gasteiger charge is -2.14. The molecule has 0 aliphatic heterocycles. The van der Waals surface area contributed by atoms with Crippen LogP contribution in [0.15, 0.2) is 0 Å². The molecular weight excluding hydrogens is 230 g/mol. The molecule has 0 radical (unpaired) electrons. The minimum Gasteiger partial charge on any atom is -0.481 e. The number of hydrogen-bond donors (Lipinski definition) is 2. The van der Waals surface area contributed by atoms with Crippen LogP contribution in [0.1, 0.15) is 52.9 Å². The Morgan fingerprint density at radius 3 is 2.56 bits per heavy atom. The minimum absolute atomic E-state index is 0.227. The highest BCUT2D eigenvalue weighted by molar-refractivity contribution is 5.69. The van der Waals surface area contributed by atoms with Gasteiger partial charge in [-0.25, -0.2) is 0 Å². The number of aliphatic carboxylic acids is 1.